The highest BCUT2D eigenvalue weighted by Crippen LogP contribution is 2.18. The Hall–Kier alpha value is -0.870. The largest absolute Gasteiger partial charge is 0.459 e. The first-order chi connectivity index (χ1) is 8.69. The van der Waals surface area contributed by atoms with E-state index in [0.717, 1.165) is 10.0 Å². The molecule has 1 aromatic rings. The number of benzene rings is 1. The van der Waals surface area contributed by atoms with Gasteiger partial charge in [-0.05, 0) is 52.3 Å². The molecular weight excluding hydrogens is 306 g/mol. The molecule has 0 aliphatic rings. The molecule has 1 rings (SSSR count). The van der Waals surface area contributed by atoms with Crippen molar-refractivity contribution in [2.24, 2.45) is 0 Å². The second-order valence-corrected chi connectivity index (χ2v) is 6.61. The van der Waals surface area contributed by atoms with Gasteiger partial charge in [0.25, 0.3) is 0 Å². The van der Waals surface area contributed by atoms with Crippen LogP contribution < -0.4 is 5.32 Å². The van der Waals surface area contributed by atoms with Crippen molar-refractivity contribution in [3.63, 3.8) is 0 Å². The second-order valence-electron chi connectivity index (χ2n) is 5.70. The molecule has 106 valence electrons. The Morgan fingerprint density at radius 1 is 1.32 bits per heavy atom. The molecule has 0 saturated heterocycles. The minimum absolute atomic E-state index is 0.0834. The number of halogens is 1. The van der Waals surface area contributed by atoms with Crippen LogP contribution in [0.3, 0.4) is 0 Å². The molecule has 3 nitrogen and oxygen atoms in total. The summed E-state index contributed by atoms with van der Waals surface area (Å²) in [5, 5.41) is 3.25. The fourth-order valence-corrected chi connectivity index (χ4v) is 2.12. The Morgan fingerprint density at radius 3 is 2.47 bits per heavy atom. The van der Waals surface area contributed by atoms with Gasteiger partial charge < -0.3 is 4.74 Å². The van der Waals surface area contributed by atoms with Gasteiger partial charge in [0, 0.05) is 10.5 Å². The summed E-state index contributed by atoms with van der Waals surface area (Å²) < 4.78 is 6.38. The molecule has 1 N–H and O–H groups in total. The van der Waals surface area contributed by atoms with Crippen molar-refractivity contribution in [1.82, 2.24) is 5.32 Å². The highest BCUT2D eigenvalue weighted by molar-refractivity contribution is 9.10. The van der Waals surface area contributed by atoms with Crippen molar-refractivity contribution < 1.29 is 9.53 Å². The smallest absolute Gasteiger partial charge is 0.323 e. The van der Waals surface area contributed by atoms with Gasteiger partial charge in [0.2, 0.25) is 0 Å². The molecule has 0 radical (unpaired) electrons. The Morgan fingerprint density at radius 2 is 1.95 bits per heavy atom. The van der Waals surface area contributed by atoms with Gasteiger partial charge in [-0.15, -0.1) is 0 Å². The second kappa shape index (κ2) is 6.53. The van der Waals surface area contributed by atoms with Crippen molar-refractivity contribution in [2.45, 2.75) is 52.3 Å². The molecule has 1 unspecified atom stereocenters. The predicted octanol–water partition coefficient (Wildman–Crippen LogP) is 3.83. The lowest BCUT2D eigenvalue weighted by molar-refractivity contribution is -0.157. The summed E-state index contributed by atoms with van der Waals surface area (Å²) in [6.07, 6.45) is 0. The highest BCUT2D eigenvalue weighted by Gasteiger charge is 2.22. The molecule has 4 heteroatoms. The quantitative estimate of drug-likeness (QED) is 0.854. The van der Waals surface area contributed by atoms with E-state index in [-0.39, 0.29) is 18.1 Å². The Kier molecular flexibility index (Phi) is 5.56. The van der Waals surface area contributed by atoms with E-state index in [1.165, 1.54) is 0 Å². The van der Waals surface area contributed by atoms with E-state index in [9.17, 15) is 4.79 Å². The Labute approximate surface area is 123 Å². The molecular formula is C15H22BrNO2. The molecule has 19 heavy (non-hydrogen) atoms. The van der Waals surface area contributed by atoms with E-state index in [2.05, 4.69) is 21.2 Å². The third-order valence-corrected chi connectivity index (χ3v) is 3.10. The molecule has 0 aromatic heterocycles. The van der Waals surface area contributed by atoms with Gasteiger partial charge in [-0.3, -0.25) is 10.1 Å². The molecule has 0 spiro atoms. The van der Waals surface area contributed by atoms with Crippen LogP contribution in [0.4, 0.5) is 0 Å². The van der Waals surface area contributed by atoms with Gasteiger partial charge in [-0.25, -0.2) is 0 Å². The zero-order chi connectivity index (χ0) is 14.6. The van der Waals surface area contributed by atoms with Crippen molar-refractivity contribution in [3.05, 3.63) is 34.3 Å². The van der Waals surface area contributed by atoms with E-state index >= 15 is 0 Å². The Bertz CT molecular complexity index is 440. The molecule has 0 aliphatic carbocycles. The van der Waals surface area contributed by atoms with Crippen molar-refractivity contribution in [3.8, 4) is 0 Å². The molecule has 0 saturated carbocycles. The number of carbonyl (C=O) groups is 1. The number of rotatable bonds is 4. The van der Waals surface area contributed by atoms with Crippen LogP contribution in [0.2, 0.25) is 0 Å². The van der Waals surface area contributed by atoms with E-state index < -0.39 is 5.60 Å². The van der Waals surface area contributed by atoms with Crippen LogP contribution in [-0.4, -0.2) is 17.6 Å². The third kappa shape index (κ3) is 5.74. The van der Waals surface area contributed by atoms with Crippen LogP contribution in [0.5, 0.6) is 0 Å². The van der Waals surface area contributed by atoms with Gasteiger partial charge in [-0.2, -0.15) is 0 Å². The number of carbonyl (C=O) groups excluding carboxylic acids is 1. The van der Waals surface area contributed by atoms with E-state index in [1.807, 2.05) is 58.9 Å². The van der Waals surface area contributed by atoms with Crippen molar-refractivity contribution in [1.29, 1.82) is 0 Å². The minimum atomic E-state index is -0.452. The lowest BCUT2D eigenvalue weighted by atomic mass is 10.1. The fourth-order valence-electron chi connectivity index (χ4n) is 1.71. The normalized spacial score (nSPS) is 14.8. The molecule has 0 fully saturated rings. The molecule has 0 heterocycles. The van der Waals surface area contributed by atoms with Gasteiger partial charge in [-0.1, -0.05) is 28.1 Å². The Balaban J connectivity index is 2.61. The average Bonchev–Trinajstić information content (AvgIpc) is 2.26. The minimum Gasteiger partial charge on any atom is -0.459 e. The standard InChI is InChI=1S/C15H22BrNO2/c1-10(12-7-6-8-13(16)9-12)17-11(2)14(18)19-15(3,4)5/h6-11,17H,1-5H3/t10-,11?/m1/s1. The van der Waals surface area contributed by atoms with Crippen LogP contribution in [0.15, 0.2) is 28.7 Å². The summed E-state index contributed by atoms with van der Waals surface area (Å²) in [6.45, 7) is 9.46. The summed E-state index contributed by atoms with van der Waals surface area (Å²) in [7, 11) is 0. The first kappa shape index (κ1) is 16.2. The number of hydrogen-bond donors (Lipinski definition) is 1. The zero-order valence-corrected chi connectivity index (χ0v) is 13.7. The number of esters is 1. The molecule has 1 aromatic carbocycles. The lowest BCUT2D eigenvalue weighted by Gasteiger charge is -2.25. The molecule has 2 atom stereocenters. The summed E-state index contributed by atoms with van der Waals surface area (Å²) in [6, 6.07) is 7.78. The maximum Gasteiger partial charge on any atom is 0.323 e. The van der Waals surface area contributed by atoms with Gasteiger partial charge in [0.1, 0.15) is 11.6 Å². The predicted molar refractivity (Wildman–Crippen MR) is 81.0 cm³/mol. The zero-order valence-electron chi connectivity index (χ0n) is 12.2. The maximum absolute atomic E-state index is 11.9. The molecule has 0 bridgehead atoms. The summed E-state index contributed by atoms with van der Waals surface area (Å²) in [4.78, 5) is 11.9. The third-order valence-electron chi connectivity index (χ3n) is 2.61. The van der Waals surface area contributed by atoms with Gasteiger partial charge in [0.15, 0.2) is 0 Å². The van der Waals surface area contributed by atoms with E-state index in [0.29, 0.717) is 0 Å². The van der Waals surface area contributed by atoms with Crippen molar-refractivity contribution in [2.75, 3.05) is 0 Å². The van der Waals surface area contributed by atoms with Gasteiger partial charge in [0.05, 0.1) is 0 Å². The topological polar surface area (TPSA) is 38.3 Å². The SMILES string of the molecule is CC(N[C@H](C)c1cccc(Br)c1)C(=O)OC(C)(C)C. The summed E-state index contributed by atoms with van der Waals surface area (Å²) in [5.74, 6) is -0.227. The first-order valence-electron chi connectivity index (χ1n) is 6.43. The fraction of sp³-hybridized carbons (Fsp3) is 0.533. The van der Waals surface area contributed by atoms with Crippen LogP contribution >= 0.6 is 15.9 Å². The van der Waals surface area contributed by atoms with Gasteiger partial charge >= 0.3 is 5.97 Å². The highest BCUT2D eigenvalue weighted by atomic mass is 79.9. The van der Waals surface area contributed by atoms with Crippen LogP contribution in [0, 0.1) is 0 Å². The summed E-state index contributed by atoms with van der Waals surface area (Å²) >= 11 is 3.45. The maximum atomic E-state index is 11.9. The monoisotopic (exact) mass is 327 g/mol. The number of nitrogens with one attached hydrogen (secondary N) is 1. The molecule has 0 amide bonds. The first-order valence-corrected chi connectivity index (χ1v) is 7.23. The lowest BCUT2D eigenvalue weighted by Crippen LogP contribution is -2.40. The van der Waals surface area contributed by atoms with E-state index in [1.54, 1.807) is 0 Å². The summed E-state index contributed by atoms with van der Waals surface area (Å²) in [5.41, 5.74) is 0.677. The van der Waals surface area contributed by atoms with Crippen LogP contribution in [-0.2, 0) is 9.53 Å². The van der Waals surface area contributed by atoms with Crippen LogP contribution in [0.25, 0.3) is 0 Å². The van der Waals surface area contributed by atoms with Crippen LogP contribution in [0.1, 0.15) is 46.2 Å². The number of hydrogen-bond acceptors (Lipinski definition) is 3. The van der Waals surface area contributed by atoms with Crippen molar-refractivity contribution >= 4 is 21.9 Å². The van der Waals surface area contributed by atoms with E-state index in [4.69, 9.17) is 4.74 Å². The average molecular weight is 328 g/mol. The number of ether oxygens (including phenoxy) is 1. The molecule has 0 aliphatic heterocycles.